The predicted molar refractivity (Wildman–Crippen MR) is 113 cm³/mol. The van der Waals surface area contributed by atoms with Crippen LogP contribution >= 0.6 is 0 Å². The van der Waals surface area contributed by atoms with Crippen LogP contribution in [0.5, 0.6) is 0 Å². The van der Waals surface area contributed by atoms with Gasteiger partial charge in [0.05, 0.1) is 6.10 Å². The maximum Gasteiger partial charge on any atom is 0.0691 e. The van der Waals surface area contributed by atoms with Crippen LogP contribution in [0.4, 0.5) is 0 Å². The molecule has 0 rings (SSSR count). The molecule has 0 aliphatic rings. The van der Waals surface area contributed by atoms with Gasteiger partial charge in [-0.15, -0.1) is 0 Å². The van der Waals surface area contributed by atoms with Gasteiger partial charge in [-0.3, -0.25) is 0 Å². The first-order chi connectivity index (χ1) is 12.2. The Morgan fingerprint density at radius 2 is 0.880 bits per heavy atom. The van der Waals surface area contributed by atoms with Gasteiger partial charge in [-0.1, -0.05) is 123 Å². The Morgan fingerprint density at radius 3 is 1.24 bits per heavy atom. The molecule has 0 aromatic heterocycles. The second-order valence-electron chi connectivity index (χ2n) is 8.11. The lowest BCUT2D eigenvalue weighted by molar-refractivity contribution is 0.127. The topological polar surface area (TPSA) is 46.2 Å². The molecule has 0 spiro atoms. The molecule has 3 N–H and O–H groups in total. The fourth-order valence-corrected chi connectivity index (χ4v) is 3.64. The number of hydrogen-bond acceptors (Lipinski definition) is 2. The number of rotatable bonds is 20. The zero-order chi connectivity index (χ0) is 18.6. The Kier molecular flexibility index (Phi) is 20.2. The van der Waals surface area contributed by atoms with E-state index in [9.17, 15) is 5.11 Å². The van der Waals surface area contributed by atoms with Gasteiger partial charge in [0.15, 0.2) is 0 Å². The summed E-state index contributed by atoms with van der Waals surface area (Å²) in [5, 5.41) is 9.94. The Morgan fingerprint density at radius 1 is 0.520 bits per heavy atom. The van der Waals surface area contributed by atoms with E-state index in [1.165, 1.54) is 96.3 Å². The van der Waals surface area contributed by atoms with Crippen molar-refractivity contribution in [2.45, 2.75) is 148 Å². The highest BCUT2D eigenvalue weighted by Crippen LogP contribution is 2.15. The Balaban J connectivity index is 3.12. The summed E-state index contributed by atoms with van der Waals surface area (Å²) in [4.78, 5) is 0. The van der Waals surface area contributed by atoms with Gasteiger partial charge in [-0.05, 0) is 12.8 Å². The van der Waals surface area contributed by atoms with Crippen molar-refractivity contribution in [3.63, 3.8) is 0 Å². The minimum Gasteiger partial charge on any atom is -0.392 e. The van der Waals surface area contributed by atoms with Gasteiger partial charge in [0.1, 0.15) is 0 Å². The van der Waals surface area contributed by atoms with Crippen LogP contribution in [0.1, 0.15) is 136 Å². The quantitative estimate of drug-likeness (QED) is 0.228. The van der Waals surface area contributed by atoms with Crippen molar-refractivity contribution in [3.05, 3.63) is 0 Å². The third kappa shape index (κ3) is 18.5. The number of unbranched alkanes of at least 4 members (excludes halogenated alkanes) is 15. The van der Waals surface area contributed by atoms with E-state index in [1.54, 1.807) is 0 Å². The molecule has 2 nitrogen and oxygen atoms in total. The van der Waals surface area contributed by atoms with E-state index in [-0.39, 0.29) is 12.1 Å². The molecule has 0 amide bonds. The molecule has 2 atom stereocenters. The van der Waals surface area contributed by atoms with Crippen LogP contribution in [0.15, 0.2) is 0 Å². The molecule has 0 aromatic carbocycles. The molecule has 0 aliphatic heterocycles. The summed E-state index contributed by atoms with van der Waals surface area (Å²) in [6.45, 7) is 4.41. The van der Waals surface area contributed by atoms with Crippen molar-refractivity contribution >= 4 is 0 Å². The van der Waals surface area contributed by atoms with Gasteiger partial charge >= 0.3 is 0 Å². The van der Waals surface area contributed by atoms with Gasteiger partial charge in [-0.25, -0.2) is 0 Å². The van der Waals surface area contributed by atoms with Gasteiger partial charge in [-0.2, -0.15) is 0 Å². The van der Waals surface area contributed by atoms with E-state index in [0.29, 0.717) is 0 Å². The fourth-order valence-electron chi connectivity index (χ4n) is 3.64. The largest absolute Gasteiger partial charge is 0.392 e. The summed E-state index contributed by atoms with van der Waals surface area (Å²) in [6, 6.07) is -0.0126. The standard InChI is InChI=1S/C23H49NO/c1-3-5-6-7-8-9-10-11-12-13-14-15-16-17-18-19-21-23(25)22(24)20-4-2/h22-23,25H,3-21,24H2,1-2H3. The second kappa shape index (κ2) is 20.2. The average Bonchev–Trinajstić information content (AvgIpc) is 2.61. The highest BCUT2D eigenvalue weighted by atomic mass is 16.3. The zero-order valence-electron chi connectivity index (χ0n) is 17.6. The first kappa shape index (κ1) is 24.9. The molecule has 0 saturated carbocycles. The molecule has 2 heteroatoms. The predicted octanol–water partition coefficient (Wildman–Crippen LogP) is 7.13. The average molecular weight is 356 g/mol. The molecule has 0 heterocycles. The van der Waals surface area contributed by atoms with Crippen LogP contribution in [0.3, 0.4) is 0 Å². The Hall–Kier alpha value is -0.0800. The Labute approximate surface area is 159 Å². The summed E-state index contributed by atoms with van der Waals surface area (Å²) in [7, 11) is 0. The van der Waals surface area contributed by atoms with E-state index >= 15 is 0 Å². The van der Waals surface area contributed by atoms with E-state index in [0.717, 1.165) is 25.7 Å². The van der Waals surface area contributed by atoms with E-state index in [4.69, 9.17) is 5.73 Å². The van der Waals surface area contributed by atoms with Gasteiger partial charge in [0.25, 0.3) is 0 Å². The molecular weight excluding hydrogens is 306 g/mol. The van der Waals surface area contributed by atoms with Crippen LogP contribution in [0, 0.1) is 0 Å². The van der Waals surface area contributed by atoms with Crippen LogP contribution < -0.4 is 5.73 Å². The number of aliphatic hydroxyl groups is 1. The maximum atomic E-state index is 9.94. The highest BCUT2D eigenvalue weighted by Gasteiger charge is 2.12. The molecule has 0 aromatic rings. The maximum absolute atomic E-state index is 9.94. The van der Waals surface area contributed by atoms with Crippen molar-refractivity contribution in [3.8, 4) is 0 Å². The molecule has 0 radical (unpaired) electrons. The highest BCUT2D eigenvalue weighted by molar-refractivity contribution is 4.70. The normalized spacial score (nSPS) is 13.9. The molecule has 152 valence electrons. The minimum absolute atomic E-state index is 0.0126. The lowest BCUT2D eigenvalue weighted by Gasteiger charge is -2.17. The Bertz CT molecular complexity index is 244. The molecule has 0 saturated heterocycles. The third-order valence-corrected chi connectivity index (χ3v) is 5.47. The van der Waals surface area contributed by atoms with E-state index in [1.807, 2.05) is 0 Å². The van der Waals surface area contributed by atoms with Gasteiger partial charge < -0.3 is 10.8 Å². The minimum atomic E-state index is -0.286. The van der Waals surface area contributed by atoms with Crippen molar-refractivity contribution in [2.24, 2.45) is 5.73 Å². The van der Waals surface area contributed by atoms with Crippen molar-refractivity contribution in [2.75, 3.05) is 0 Å². The van der Waals surface area contributed by atoms with Crippen molar-refractivity contribution in [1.82, 2.24) is 0 Å². The SMILES string of the molecule is CCCCCCCCCCCCCCCCCCC(O)C(N)CCC. The summed E-state index contributed by atoms with van der Waals surface area (Å²) in [6.07, 6.45) is 24.9. The van der Waals surface area contributed by atoms with Gasteiger partial charge in [0.2, 0.25) is 0 Å². The molecular formula is C23H49NO. The first-order valence-corrected chi connectivity index (χ1v) is 11.7. The molecule has 0 fully saturated rings. The monoisotopic (exact) mass is 355 g/mol. The van der Waals surface area contributed by atoms with Crippen LogP contribution in [0.2, 0.25) is 0 Å². The molecule has 25 heavy (non-hydrogen) atoms. The lowest BCUT2D eigenvalue weighted by Crippen LogP contribution is -2.34. The lowest BCUT2D eigenvalue weighted by atomic mass is 10.00. The molecule has 0 bridgehead atoms. The van der Waals surface area contributed by atoms with Crippen LogP contribution in [0.25, 0.3) is 0 Å². The van der Waals surface area contributed by atoms with Crippen molar-refractivity contribution in [1.29, 1.82) is 0 Å². The summed E-state index contributed by atoms with van der Waals surface area (Å²) >= 11 is 0. The first-order valence-electron chi connectivity index (χ1n) is 11.7. The third-order valence-electron chi connectivity index (χ3n) is 5.47. The van der Waals surface area contributed by atoms with E-state index < -0.39 is 0 Å². The summed E-state index contributed by atoms with van der Waals surface area (Å²) in [5.41, 5.74) is 5.94. The zero-order valence-corrected chi connectivity index (χ0v) is 17.6. The molecule has 0 aliphatic carbocycles. The molecule has 2 unspecified atom stereocenters. The smallest absolute Gasteiger partial charge is 0.0691 e. The second-order valence-corrected chi connectivity index (χ2v) is 8.11. The van der Waals surface area contributed by atoms with Crippen molar-refractivity contribution < 1.29 is 5.11 Å². The van der Waals surface area contributed by atoms with Crippen LogP contribution in [-0.2, 0) is 0 Å². The number of hydrogen-bond donors (Lipinski definition) is 2. The van der Waals surface area contributed by atoms with E-state index in [2.05, 4.69) is 13.8 Å². The number of aliphatic hydroxyl groups excluding tert-OH is 1. The number of nitrogens with two attached hydrogens (primary N) is 1. The summed E-state index contributed by atoms with van der Waals surface area (Å²) in [5.74, 6) is 0. The fraction of sp³-hybridized carbons (Fsp3) is 1.00. The van der Waals surface area contributed by atoms with Crippen LogP contribution in [-0.4, -0.2) is 17.3 Å². The summed E-state index contributed by atoms with van der Waals surface area (Å²) < 4.78 is 0. The van der Waals surface area contributed by atoms with Gasteiger partial charge in [0, 0.05) is 6.04 Å².